The summed E-state index contributed by atoms with van der Waals surface area (Å²) in [7, 11) is 1.87. The summed E-state index contributed by atoms with van der Waals surface area (Å²) >= 11 is 0. The van der Waals surface area contributed by atoms with E-state index >= 15 is 0 Å². The smallest absolute Gasteiger partial charge is 0.304 e. The highest BCUT2D eigenvalue weighted by atomic mass is 16.5. The summed E-state index contributed by atoms with van der Waals surface area (Å²) in [6.45, 7) is 5.51. The Bertz CT molecular complexity index is 1050. The Labute approximate surface area is 176 Å². The quantitative estimate of drug-likeness (QED) is 0.634. The second kappa shape index (κ2) is 7.86. The lowest BCUT2D eigenvalue weighted by Crippen LogP contribution is -2.18. The molecule has 0 amide bonds. The van der Waals surface area contributed by atoms with Crippen molar-refractivity contribution in [3.8, 4) is 11.5 Å². The molecule has 0 saturated carbocycles. The van der Waals surface area contributed by atoms with Gasteiger partial charge in [-0.25, -0.2) is 4.98 Å². The van der Waals surface area contributed by atoms with Crippen LogP contribution in [0.2, 0.25) is 0 Å². The molecule has 0 saturated heterocycles. The number of hydrogen-bond acceptors (Lipinski definition) is 4. The van der Waals surface area contributed by atoms with E-state index in [1.54, 1.807) is 6.20 Å². The van der Waals surface area contributed by atoms with Crippen molar-refractivity contribution >= 4 is 5.97 Å². The Morgan fingerprint density at radius 2 is 2.03 bits per heavy atom. The molecule has 3 aromatic rings. The van der Waals surface area contributed by atoms with Crippen LogP contribution < -0.4 is 9.47 Å². The topological polar surface area (TPSA) is 73.6 Å². The lowest BCUT2D eigenvalue weighted by Gasteiger charge is -2.17. The number of nitrogens with zero attached hydrogens (tertiary/aromatic N) is 2. The van der Waals surface area contributed by atoms with Gasteiger partial charge in [-0.15, -0.1) is 0 Å². The van der Waals surface area contributed by atoms with Gasteiger partial charge >= 0.3 is 5.97 Å². The van der Waals surface area contributed by atoms with Crippen molar-refractivity contribution in [1.82, 2.24) is 9.55 Å². The number of rotatable bonds is 7. The summed E-state index contributed by atoms with van der Waals surface area (Å²) in [4.78, 5) is 15.7. The molecule has 6 nitrogen and oxygen atoms in total. The van der Waals surface area contributed by atoms with E-state index in [9.17, 15) is 9.90 Å². The summed E-state index contributed by atoms with van der Waals surface area (Å²) < 4.78 is 13.6. The van der Waals surface area contributed by atoms with Crippen LogP contribution in [-0.4, -0.2) is 27.2 Å². The Hall–Kier alpha value is -3.28. The van der Waals surface area contributed by atoms with Gasteiger partial charge in [0.25, 0.3) is 0 Å². The van der Waals surface area contributed by atoms with Gasteiger partial charge in [-0.3, -0.25) is 4.79 Å². The van der Waals surface area contributed by atoms with E-state index in [0.29, 0.717) is 13.2 Å². The Kier molecular flexibility index (Phi) is 5.24. The zero-order valence-corrected chi connectivity index (χ0v) is 17.5. The number of imidazole rings is 1. The second-order valence-electron chi connectivity index (χ2n) is 8.41. The van der Waals surface area contributed by atoms with Gasteiger partial charge in [0.05, 0.1) is 18.9 Å². The monoisotopic (exact) mass is 406 g/mol. The SMILES string of the molecule is Cn1ccnc1C(CC(=O)O)c1ccc(OCc2ccc3c(c2)C(C)(C)CO3)cc1. The molecule has 0 fully saturated rings. The van der Waals surface area contributed by atoms with Crippen LogP contribution in [0.3, 0.4) is 0 Å². The number of aliphatic carboxylic acids is 1. The first-order valence-corrected chi connectivity index (χ1v) is 10.0. The number of fused-ring (bicyclic) bond motifs is 1. The minimum atomic E-state index is -0.855. The predicted molar refractivity (Wildman–Crippen MR) is 113 cm³/mol. The molecule has 1 atom stereocenters. The molecule has 1 aromatic heterocycles. The second-order valence-corrected chi connectivity index (χ2v) is 8.41. The van der Waals surface area contributed by atoms with E-state index in [-0.39, 0.29) is 17.8 Å². The van der Waals surface area contributed by atoms with Crippen molar-refractivity contribution < 1.29 is 19.4 Å². The zero-order chi connectivity index (χ0) is 21.3. The van der Waals surface area contributed by atoms with Gasteiger partial charge in [0, 0.05) is 30.4 Å². The normalized spacial score (nSPS) is 15.3. The fourth-order valence-corrected chi connectivity index (χ4v) is 3.87. The third kappa shape index (κ3) is 4.03. The average molecular weight is 406 g/mol. The summed E-state index contributed by atoms with van der Waals surface area (Å²) in [5, 5.41) is 9.33. The van der Waals surface area contributed by atoms with Crippen LogP contribution in [0.15, 0.2) is 54.9 Å². The van der Waals surface area contributed by atoms with Crippen molar-refractivity contribution in [3.05, 3.63) is 77.4 Å². The Morgan fingerprint density at radius 3 is 2.70 bits per heavy atom. The number of aryl methyl sites for hydroxylation is 1. The molecule has 0 aliphatic carbocycles. The number of carboxylic acid groups (broad SMARTS) is 1. The van der Waals surface area contributed by atoms with Crippen molar-refractivity contribution in [3.63, 3.8) is 0 Å². The number of carboxylic acids is 1. The molecule has 1 unspecified atom stereocenters. The fraction of sp³-hybridized carbons (Fsp3) is 0.333. The lowest BCUT2D eigenvalue weighted by atomic mass is 9.86. The average Bonchev–Trinajstić information content (AvgIpc) is 3.27. The highest BCUT2D eigenvalue weighted by Crippen LogP contribution is 2.38. The molecule has 0 radical (unpaired) electrons. The van der Waals surface area contributed by atoms with Gasteiger partial charge in [0.1, 0.15) is 23.9 Å². The van der Waals surface area contributed by atoms with Crippen LogP contribution >= 0.6 is 0 Å². The van der Waals surface area contributed by atoms with Gasteiger partial charge < -0.3 is 19.1 Å². The minimum absolute atomic E-state index is 0.0110. The third-order valence-corrected chi connectivity index (χ3v) is 5.60. The summed E-state index contributed by atoms with van der Waals surface area (Å²) in [6, 6.07) is 13.8. The largest absolute Gasteiger partial charge is 0.492 e. The van der Waals surface area contributed by atoms with Crippen LogP contribution in [0.5, 0.6) is 11.5 Å². The van der Waals surface area contributed by atoms with Crippen molar-refractivity contribution in [1.29, 1.82) is 0 Å². The molecule has 0 bridgehead atoms. The van der Waals surface area contributed by atoms with E-state index in [2.05, 4.69) is 24.9 Å². The van der Waals surface area contributed by atoms with E-state index in [0.717, 1.165) is 28.5 Å². The van der Waals surface area contributed by atoms with Crippen molar-refractivity contribution in [2.24, 2.45) is 7.05 Å². The van der Waals surface area contributed by atoms with Crippen LogP contribution in [0.4, 0.5) is 0 Å². The molecule has 4 rings (SSSR count). The van der Waals surface area contributed by atoms with Crippen LogP contribution in [0, 0.1) is 0 Å². The third-order valence-electron chi connectivity index (χ3n) is 5.60. The maximum atomic E-state index is 11.4. The first kappa shape index (κ1) is 20.0. The van der Waals surface area contributed by atoms with Gasteiger partial charge in [0.2, 0.25) is 0 Å². The fourth-order valence-electron chi connectivity index (χ4n) is 3.87. The molecule has 1 aliphatic rings. The number of hydrogen-bond donors (Lipinski definition) is 1. The molecular weight excluding hydrogens is 380 g/mol. The number of carbonyl (C=O) groups is 1. The van der Waals surface area contributed by atoms with Gasteiger partial charge in [-0.2, -0.15) is 0 Å². The van der Waals surface area contributed by atoms with Gasteiger partial charge in [-0.05, 0) is 35.4 Å². The molecule has 1 N–H and O–H groups in total. The first-order chi connectivity index (χ1) is 14.3. The molecule has 2 heterocycles. The van der Waals surface area contributed by atoms with E-state index in [1.807, 2.05) is 54.2 Å². The van der Waals surface area contributed by atoms with Gasteiger partial charge in [-0.1, -0.05) is 32.0 Å². The van der Waals surface area contributed by atoms with E-state index < -0.39 is 5.97 Å². The standard InChI is InChI=1S/C24H26N2O4/c1-24(2)15-30-21-9-4-16(12-20(21)24)14-29-18-7-5-17(6-8-18)19(13-22(27)28)23-25-10-11-26(23)3/h4-12,19H,13-15H2,1-3H3,(H,27,28). The van der Waals surface area contributed by atoms with Gasteiger partial charge in [0.15, 0.2) is 0 Å². The highest BCUT2D eigenvalue weighted by molar-refractivity contribution is 5.68. The summed E-state index contributed by atoms with van der Waals surface area (Å²) in [5.41, 5.74) is 3.21. The maximum absolute atomic E-state index is 11.4. The molecule has 1 aliphatic heterocycles. The Balaban J connectivity index is 1.47. The molecule has 30 heavy (non-hydrogen) atoms. The molecule has 6 heteroatoms. The summed E-state index contributed by atoms with van der Waals surface area (Å²) in [5.74, 6) is 1.26. The van der Waals surface area contributed by atoms with Crippen LogP contribution in [0.1, 0.15) is 48.7 Å². The Morgan fingerprint density at radius 1 is 1.27 bits per heavy atom. The first-order valence-electron chi connectivity index (χ1n) is 10.0. The molecule has 0 spiro atoms. The number of ether oxygens (including phenoxy) is 2. The van der Waals surface area contributed by atoms with E-state index in [4.69, 9.17) is 9.47 Å². The number of aromatic nitrogens is 2. The molecule has 2 aromatic carbocycles. The molecular formula is C24H26N2O4. The van der Waals surface area contributed by atoms with Crippen LogP contribution in [-0.2, 0) is 23.9 Å². The minimum Gasteiger partial charge on any atom is -0.492 e. The lowest BCUT2D eigenvalue weighted by molar-refractivity contribution is -0.137. The maximum Gasteiger partial charge on any atom is 0.304 e. The number of benzene rings is 2. The zero-order valence-electron chi connectivity index (χ0n) is 17.5. The van der Waals surface area contributed by atoms with Crippen molar-refractivity contribution in [2.75, 3.05) is 6.61 Å². The van der Waals surface area contributed by atoms with Crippen LogP contribution in [0.25, 0.3) is 0 Å². The van der Waals surface area contributed by atoms with Crippen molar-refractivity contribution in [2.45, 2.75) is 38.2 Å². The molecule has 156 valence electrons. The predicted octanol–water partition coefficient (Wildman–Crippen LogP) is 4.28. The van der Waals surface area contributed by atoms with E-state index in [1.165, 1.54) is 5.56 Å². The summed E-state index contributed by atoms with van der Waals surface area (Å²) in [6.07, 6.45) is 3.49. The highest BCUT2D eigenvalue weighted by Gasteiger charge is 2.31.